The molecule has 0 aliphatic rings. The van der Waals surface area contributed by atoms with Crippen LogP contribution in [0.25, 0.3) is 0 Å². The van der Waals surface area contributed by atoms with Crippen molar-refractivity contribution in [3.8, 4) is 0 Å². The lowest BCUT2D eigenvalue weighted by atomic mass is 10.1. The number of aliphatic hydroxyl groups is 1. The summed E-state index contributed by atoms with van der Waals surface area (Å²) in [7, 11) is 0. The molecule has 2 aromatic rings. The lowest BCUT2D eigenvalue weighted by Gasteiger charge is -2.20. The fourth-order valence-electron chi connectivity index (χ4n) is 2.09. The number of thiophene rings is 1. The highest BCUT2D eigenvalue weighted by Gasteiger charge is 2.23. The second-order valence-electron chi connectivity index (χ2n) is 5.53. The Bertz CT molecular complexity index is 612. The van der Waals surface area contributed by atoms with E-state index < -0.39 is 5.60 Å². The van der Waals surface area contributed by atoms with E-state index >= 15 is 0 Å². The van der Waals surface area contributed by atoms with Gasteiger partial charge in [0.05, 0.1) is 6.54 Å². The third kappa shape index (κ3) is 6.19. The Hall–Kier alpha value is -1.50. The lowest BCUT2D eigenvalue weighted by Crippen LogP contribution is -2.39. The van der Waals surface area contributed by atoms with Gasteiger partial charge in [-0.1, -0.05) is 24.3 Å². The molecule has 1 unspecified atom stereocenters. The Labute approximate surface area is 152 Å². The molecule has 0 spiro atoms. The van der Waals surface area contributed by atoms with Crippen LogP contribution in [0.3, 0.4) is 0 Å². The van der Waals surface area contributed by atoms with Gasteiger partial charge in [0.25, 0.3) is 0 Å². The maximum absolute atomic E-state index is 10.6. The van der Waals surface area contributed by atoms with Crippen molar-refractivity contribution in [2.75, 3.05) is 25.4 Å². The number of rotatable bonds is 8. The van der Waals surface area contributed by atoms with Crippen molar-refractivity contribution in [3.05, 3.63) is 52.7 Å². The van der Waals surface area contributed by atoms with E-state index in [1.54, 1.807) is 18.3 Å². The molecule has 1 aromatic carbocycles. The molecule has 1 heterocycles. The Morgan fingerprint density at radius 2 is 2.00 bits per heavy atom. The molecular formula is C18H25N3OS2. The molecule has 0 radical (unpaired) electrons. The third-order valence-electron chi connectivity index (χ3n) is 3.35. The minimum Gasteiger partial charge on any atom is -0.383 e. The van der Waals surface area contributed by atoms with Crippen LogP contribution in [0, 0.1) is 0 Å². The first-order chi connectivity index (χ1) is 11.6. The molecule has 0 amide bonds. The zero-order valence-electron chi connectivity index (χ0n) is 14.2. The molecular weight excluding hydrogens is 338 g/mol. The molecule has 0 aliphatic carbocycles. The van der Waals surface area contributed by atoms with E-state index in [9.17, 15) is 5.11 Å². The van der Waals surface area contributed by atoms with Crippen LogP contribution in [0.5, 0.6) is 0 Å². The summed E-state index contributed by atoms with van der Waals surface area (Å²) in [6.45, 7) is 5.77. The van der Waals surface area contributed by atoms with Gasteiger partial charge in [0, 0.05) is 28.6 Å². The number of thioether (sulfide) groups is 1. The largest absolute Gasteiger partial charge is 0.383 e. The van der Waals surface area contributed by atoms with E-state index in [1.807, 2.05) is 54.4 Å². The van der Waals surface area contributed by atoms with Gasteiger partial charge in [-0.25, -0.2) is 4.99 Å². The first-order valence-electron chi connectivity index (χ1n) is 8.08. The Morgan fingerprint density at radius 3 is 2.67 bits per heavy atom. The third-order valence-corrected chi connectivity index (χ3v) is 5.48. The van der Waals surface area contributed by atoms with Crippen LogP contribution in [0.4, 0.5) is 0 Å². The highest BCUT2D eigenvalue weighted by atomic mass is 32.2. The fraction of sp³-hybridized carbons (Fsp3) is 0.389. The van der Waals surface area contributed by atoms with Gasteiger partial charge in [-0.15, -0.1) is 23.1 Å². The quantitative estimate of drug-likeness (QED) is 0.291. The molecule has 1 atom stereocenters. The van der Waals surface area contributed by atoms with E-state index in [4.69, 9.17) is 0 Å². The number of nitrogens with one attached hydrogen (secondary N) is 2. The molecule has 0 saturated heterocycles. The van der Waals surface area contributed by atoms with Crippen LogP contribution in [-0.2, 0) is 5.60 Å². The van der Waals surface area contributed by atoms with Crippen LogP contribution in [0.15, 0.2) is 57.7 Å². The minimum atomic E-state index is -0.935. The summed E-state index contributed by atoms with van der Waals surface area (Å²) in [5.74, 6) is 1.69. The molecule has 0 aliphatic heterocycles. The van der Waals surface area contributed by atoms with Crippen LogP contribution >= 0.6 is 23.1 Å². The topological polar surface area (TPSA) is 56.7 Å². The molecule has 0 saturated carbocycles. The summed E-state index contributed by atoms with van der Waals surface area (Å²) in [5, 5.41) is 19.1. The summed E-state index contributed by atoms with van der Waals surface area (Å²) in [5.41, 5.74) is -0.935. The van der Waals surface area contributed by atoms with Gasteiger partial charge in [0.15, 0.2) is 5.96 Å². The first kappa shape index (κ1) is 18.8. The van der Waals surface area contributed by atoms with Gasteiger partial charge in [0.2, 0.25) is 0 Å². The Morgan fingerprint density at radius 1 is 1.21 bits per heavy atom. The van der Waals surface area contributed by atoms with E-state index in [1.165, 1.54) is 4.90 Å². The molecule has 1 aromatic heterocycles. The van der Waals surface area contributed by atoms with Gasteiger partial charge < -0.3 is 15.7 Å². The van der Waals surface area contributed by atoms with Gasteiger partial charge in [0.1, 0.15) is 5.60 Å². The van der Waals surface area contributed by atoms with Crippen molar-refractivity contribution in [3.63, 3.8) is 0 Å². The molecule has 130 valence electrons. The van der Waals surface area contributed by atoms with Gasteiger partial charge >= 0.3 is 0 Å². The predicted octanol–water partition coefficient (Wildman–Crippen LogP) is 3.30. The molecule has 24 heavy (non-hydrogen) atoms. The van der Waals surface area contributed by atoms with Crippen molar-refractivity contribution < 1.29 is 5.11 Å². The van der Waals surface area contributed by atoms with Crippen molar-refractivity contribution in [1.82, 2.24) is 10.6 Å². The second-order valence-corrected chi connectivity index (χ2v) is 7.65. The normalized spacial score (nSPS) is 14.2. The van der Waals surface area contributed by atoms with Crippen molar-refractivity contribution in [2.45, 2.75) is 24.3 Å². The smallest absolute Gasteiger partial charge is 0.191 e. The summed E-state index contributed by atoms with van der Waals surface area (Å²) >= 11 is 3.36. The Kier molecular flexibility index (Phi) is 7.62. The maximum atomic E-state index is 10.6. The van der Waals surface area contributed by atoms with Crippen LogP contribution in [0.1, 0.15) is 18.7 Å². The molecule has 0 fully saturated rings. The van der Waals surface area contributed by atoms with Crippen molar-refractivity contribution in [2.24, 2.45) is 4.99 Å². The van der Waals surface area contributed by atoms with Crippen LogP contribution < -0.4 is 10.6 Å². The van der Waals surface area contributed by atoms with Crippen LogP contribution in [0.2, 0.25) is 0 Å². The summed E-state index contributed by atoms with van der Waals surface area (Å²) in [4.78, 5) is 6.73. The number of hydrogen-bond donors (Lipinski definition) is 3. The second kappa shape index (κ2) is 9.71. The average molecular weight is 364 g/mol. The Balaban J connectivity index is 1.82. The van der Waals surface area contributed by atoms with Gasteiger partial charge in [-0.2, -0.15) is 0 Å². The fourth-order valence-corrected chi connectivity index (χ4v) is 3.66. The lowest BCUT2D eigenvalue weighted by molar-refractivity contribution is 0.0711. The SMILES string of the molecule is CCNC(=NCC(C)(O)c1cccs1)NCCSc1ccccc1. The number of hydrogen-bond acceptors (Lipinski definition) is 4. The predicted molar refractivity (Wildman–Crippen MR) is 105 cm³/mol. The molecule has 6 heteroatoms. The number of aliphatic imine (C=N–C) groups is 1. The standard InChI is InChI=1S/C18H25N3OS2/c1-3-19-17(20-11-13-23-15-8-5-4-6-9-15)21-14-18(2,22)16-10-7-12-24-16/h4-10,12,22H,3,11,13-14H2,1-2H3,(H2,19,20,21). The van der Waals surface area contributed by atoms with Crippen molar-refractivity contribution >= 4 is 29.1 Å². The molecule has 0 bridgehead atoms. The average Bonchev–Trinajstić information content (AvgIpc) is 3.13. The maximum Gasteiger partial charge on any atom is 0.191 e. The van der Waals surface area contributed by atoms with Gasteiger partial charge in [-0.05, 0) is 37.4 Å². The summed E-state index contributed by atoms with van der Waals surface area (Å²) < 4.78 is 0. The van der Waals surface area contributed by atoms with Gasteiger partial charge in [-0.3, -0.25) is 0 Å². The monoisotopic (exact) mass is 363 g/mol. The molecule has 3 N–H and O–H groups in total. The van der Waals surface area contributed by atoms with Crippen molar-refractivity contribution in [1.29, 1.82) is 0 Å². The number of benzene rings is 1. The molecule has 4 nitrogen and oxygen atoms in total. The highest BCUT2D eigenvalue weighted by Crippen LogP contribution is 2.25. The number of guanidine groups is 1. The van der Waals surface area contributed by atoms with E-state index in [2.05, 4.69) is 27.8 Å². The van der Waals surface area contributed by atoms with E-state index in [0.29, 0.717) is 6.54 Å². The van der Waals surface area contributed by atoms with E-state index in [0.717, 1.165) is 29.7 Å². The van der Waals surface area contributed by atoms with Crippen LogP contribution in [-0.4, -0.2) is 36.5 Å². The summed E-state index contributed by atoms with van der Waals surface area (Å²) in [6.07, 6.45) is 0. The van der Waals surface area contributed by atoms with E-state index in [-0.39, 0.29) is 0 Å². The minimum absolute atomic E-state index is 0.328. The summed E-state index contributed by atoms with van der Waals surface area (Å²) in [6, 6.07) is 14.2. The zero-order chi connectivity index (χ0) is 17.3. The number of nitrogens with zero attached hydrogens (tertiary/aromatic N) is 1. The molecule has 2 rings (SSSR count). The zero-order valence-corrected chi connectivity index (χ0v) is 15.8. The highest BCUT2D eigenvalue weighted by molar-refractivity contribution is 7.99. The first-order valence-corrected chi connectivity index (χ1v) is 9.95.